The Morgan fingerprint density at radius 1 is 1.29 bits per heavy atom. The van der Waals surface area contributed by atoms with Crippen LogP contribution in [-0.4, -0.2) is 54.2 Å². The minimum atomic E-state index is -0.558. The van der Waals surface area contributed by atoms with Crippen molar-refractivity contribution in [2.24, 2.45) is 0 Å². The summed E-state index contributed by atoms with van der Waals surface area (Å²) in [5, 5.41) is 5.54. The van der Waals surface area contributed by atoms with Crippen molar-refractivity contribution in [2.75, 3.05) is 41.8 Å². The van der Waals surface area contributed by atoms with E-state index in [0.29, 0.717) is 60.6 Å². The lowest BCUT2D eigenvalue weighted by molar-refractivity contribution is -0.122. The zero-order chi connectivity index (χ0) is 22.0. The SMILES string of the molecule is Cc1nc(N2CCOCC2)[nH]c(=O)c1CCC(=O)Nc1ccc2c(c1)NC(=O)C(C)O2. The molecule has 3 N–H and O–H groups in total. The summed E-state index contributed by atoms with van der Waals surface area (Å²) in [5.74, 6) is 0.608. The predicted molar refractivity (Wildman–Crippen MR) is 115 cm³/mol. The lowest BCUT2D eigenvalue weighted by Crippen LogP contribution is -2.38. The first-order valence-electron chi connectivity index (χ1n) is 10.2. The molecular weight excluding hydrogens is 402 g/mol. The van der Waals surface area contributed by atoms with Gasteiger partial charge in [0.1, 0.15) is 5.75 Å². The molecule has 164 valence electrons. The van der Waals surface area contributed by atoms with Crippen LogP contribution in [0.1, 0.15) is 24.6 Å². The van der Waals surface area contributed by atoms with E-state index in [1.54, 1.807) is 32.0 Å². The molecule has 0 saturated carbocycles. The summed E-state index contributed by atoms with van der Waals surface area (Å²) in [6, 6.07) is 5.05. The van der Waals surface area contributed by atoms with Crippen molar-refractivity contribution in [3.8, 4) is 5.75 Å². The number of rotatable bonds is 5. The molecular formula is C21H25N5O5. The number of aromatic amines is 1. The zero-order valence-electron chi connectivity index (χ0n) is 17.5. The van der Waals surface area contributed by atoms with Gasteiger partial charge in [-0.2, -0.15) is 0 Å². The summed E-state index contributed by atoms with van der Waals surface area (Å²) in [5.41, 5.74) is 1.92. The molecule has 31 heavy (non-hydrogen) atoms. The standard InChI is InChI=1S/C21H25N5O5/c1-12-15(20(29)25-21(22-12)26-7-9-30-10-8-26)4-6-18(27)23-14-3-5-17-16(11-14)24-19(28)13(2)31-17/h3,5,11,13H,4,6-10H2,1-2H3,(H,23,27)(H,24,28)(H,22,25,29). The fraction of sp³-hybridized carbons (Fsp3) is 0.429. The number of ether oxygens (including phenoxy) is 2. The summed E-state index contributed by atoms with van der Waals surface area (Å²) < 4.78 is 10.8. The van der Waals surface area contributed by atoms with Gasteiger partial charge in [0.2, 0.25) is 11.9 Å². The van der Waals surface area contributed by atoms with Crippen LogP contribution in [0.3, 0.4) is 0 Å². The van der Waals surface area contributed by atoms with Crippen LogP contribution in [0.25, 0.3) is 0 Å². The Morgan fingerprint density at radius 3 is 2.81 bits per heavy atom. The molecule has 2 aliphatic heterocycles. The maximum atomic E-state index is 12.6. The van der Waals surface area contributed by atoms with Gasteiger partial charge in [0.15, 0.2) is 6.10 Å². The molecule has 1 unspecified atom stereocenters. The molecule has 2 aliphatic rings. The number of amides is 2. The first-order valence-corrected chi connectivity index (χ1v) is 10.2. The zero-order valence-corrected chi connectivity index (χ0v) is 17.5. The van der Waals surface area contributed by atoms with Gasteiger partial charge in [-0.1, -0.05) is 0 Å². The number of carbonyl (C=O) groups is 2. The molecule has 1 saturated heterocycles. The number of H-pyrrole nitrogens is 1. The molecule has 10 heteroatoms. The molecule has 1 fully saturated rings. The highest BCUT2D eigenvalue weighted by molar-refractivity contribution is 5.99. The second-order valence-corrected chi connectivity index (χ2v) is 7.56. The van der Waals surface area contributed by atoms with Crippen molar-refractivity contribution < 1.29 is 19.1 Å². The minimum Gasteiger partial charge on any atom is -0.479 e. The molecule has 3 heterocycles. The van der Waals surface area contributed by atoms with E-state index in [9.17, 15) is 14.4 Å². The van der Waals surface area contributed by atoms with E-state index in [-0.39, 0.29) is 30.2 Å². The molecule has 0 bridgehead atoms. The van der Waals surface area contributed by atoms with Crippen LogP contribution in [-0.2, 0) is 20.7 Å². The Hall–Kier alpha value is -3.40. The number of aryl methyl sites for hydroxylation is 1. The maximum absolute atomic E-state index is 12.6. The average molecular weight is 427 g/mol. The van der Waals surface area contributed by atoms with Crippen molar-refractivity contribution in [1.82, 2.24) is 9.97 Å². The van der Waals surface area contributed by atoms with E-state index in [1.807, 2.05) is 4.90 Å². The molecule has 2 amide bonds. The molecule has 10 nitrogen and oxygen atoms in total. The van der Waals surface area contributed by atoms with Crippen molar-refractivity contribution >= 4 is 29.1 Å². The summed E-state index contributed by atoms with van der Waals surface area (Å²) in [4.78, 5) is 46.1. The fourth-order valence-electron chi connectivity index (χ4n) is 3.56. The van der Waals surface area contributed by atoms with Crippen molar-refractivity contribution in [3.05, 3.63) is 39.8 Å². The minimum absolute atomic E-state index is 0.124. The Bertz CT molecular complexity index is 1060. The highest BCUT2D eigenvalue weighted by Gasteiger charge is 2.23. The fourth-order valence-corrected chi connectivity index (χ4v) is 3.56. The number of benzene rings is 1. The van der Waals surface area contributed by atoms with E-state index in [0.717, 1.165) is 0 Å². The topological polar surface area (TPSA) is 126 Å². The summed E-state index contributed by atoms with van der Waals surface area (Å²) in [6.07, 6.45) is -0.164. The number of aromatic nitrogens is 2. The predicted octanol–water partition coefficient (Wildman–Crippen LogP) is 1.21. The van der Waals surface area contributed by atoms with Gasteiger partial charge in [0.05, 0.1) is 18.9 Å². The van der Waals surface area contributed by atoms with Gasteiger partial charge in [0, 0.05) is 36.5 Å². The molecule has 4 rings (SSSR count). The van der Waals surface area contributed by atoms with Crippen LogP contribution in [0.15, 0.2) is 23.0 Å². The first kappa shape index (κ1) is 20.9. The number of hydrogen-bond donors (Lipinski definition) is 3. The van der Waals surface area contributed by atoms with Gasteiger partial charge in [-0.05, 0) is 38.5 Å². The van der Waals surface area contributed by atoms with Crippen LogP contribution in [0.5, 0.6) is 5.75 Å². The molecule has 1 atom stereocenters. The largest absolute Gasteiger partial charge is 0.479 e. The number of carbonyl (C=O) groups excluding carboxylic acids is 2. The number of morpholine rings is 1. The Balaban J connectivity index is 1.38. The van der Waals surface area contributed by atoms with Gasteiger partial charge in [-0.25, -0.2) is 4.98 Å². The monoisotopic (exact) mass is 427 g/mol. The summed E-state index contributed by atoms with van der Waals surface area (Å²) >= 11 is 0. The van der Waals surface area contributed by atoms with Gasteiger partial charge >= 0.3 is 0 Å². The normalized spacial score (nSPS) is 18.1. The second-order valence-electron chi connectivity index (χ2n) is 7.56. The van der Waals surface area contributed by atoms with Gasteiger partial charge in [-0.15, -0.1) is 0 Å². The first-order chi connectivity index (χ1) is 14.9. The average Bonchev–Trinajstić information content (AvgIpc) is 2.74. The van der Waals surface area contributed by atoms with Gasteiger partial charge in [0.25, 0.3) is 11.5 Å². The Morgan fingerprint density at radius 2 is 2.06 bits per heavy atom. The van der Waals surface area contributed by atoms with Crippen molar-refractivity contribution in [2.45, 2.75) is 32.8 Å². The number of hydrogen-bond acceptors (Lipinski definition) is 7. The Kier molecular flexibility index (Phi) is 5.90. The van der Waals surface area contributed by atoms with Crippen molar-refractivity contribution in [3.63, 3.8) is 0 Å². The van der Waals surface area contributed by atoms with Gasteiger partial charge in [-0.3, -0.25) is 19.4 Å². The summed E-state index contributed by atoms with van der Waals surface area (Å²) in [6.45, 7) is 5.99. The van der Waals surface area contributed by atoms with Crippen LogP contribution < -0.4 is 25.8 Å². The smallest absolute Gasteiger partial charge is 0.265 e. The van der Waals surface area contributed by atoms with Crippen molar-refractivity contribution in [1.29, 1.82) is 0 Å². The maximum Gasteiger partial charge on any atom is 0.265 e. The number of nitrogens with zero attached hydrogens (tertiary/aromatic N) is 2. The van der Waals surface area contributed by atoms with E-state index in [1.165, 1.54) is 0 Å². The van der Waals surface area contributed by atoms with Crippen LogP contribution in [0.4, 0.5) is 17.3 Å². The Labute approximate surface area is 179 Å². The lowest BCUT2D eigenvalue weighted by Gasteiger charge is -2.27. The third-order valence-corrected chi connectivity index (χ3v) is 5.32. The van der Waals surface area contributed by atoms with Crippen LogP contribution >= 0.6 is 0 Å². The molecule has 0 spiro atoms. The van der Waals surface area contributed by atoms with Gasteiger partial charge < -0.3 is 25.0 Å². The van der Waals surface area contributed by atoms with Crippen LogP contribution in [0, 0.1) is 6.92 Å². The number of nitrogens with one attached hydrogen (secondary N) is 3. The highest BCUT2D eigenvalue weighted by atomic mass is 16.5. The second kappa shape index (κ2) is 8.76. The molecule has 0 radical (unpaired) electrons. The molecule has 0 aliphatic carbocycles. The molecule has 1 aromatic heterocycles. The lowest BCUT2D eigenvalue weighted by atomic mass is 10.1. The van der Waals surface area contributed by atoms with E-state index in [4.69, 9.17) is 9.47 Å². The van der Waals surface area contributed by atoms with E-state index >= 15 is 0 Å². The van der Waals surface area contributed by atoms with E-state index in [2.05, 4.69) is 20.6 Å². The molecule has 1 aromatic carbocycles. The summed E-state index contributed by atoms with van der Waals surface area (Å²) in [7, 11) is 0. The quantitative estimate of drug-likeness (QED) is 0.655. The third-order valence-electron chi connectivity index (χ3n) is 5.32. The van der Waals surface area contributed by atoms with E-state index < -0.39 is 6.10 Å². The number of anilines is 3. The third kappa shape index (κ3) is 4.69. The molecule has 2 aromatic rings. The van der Waals surface area contributed by atoms with Crippen LogP contribution in [0.2, 0.25) is 0 Å². The highest BCUT2D eigenvalue weighted by Crippen LogP contribution is 2.32. The number of fused-ring (bicyclic) bond motifs is 1.